The molecule has 0 atom stereocenters. The SMILES string of the molecule is O=C(OCC(=O)C12CC3CC(CC(C3)C1)C2)c1cccc(S(=O)(=O)N2CCOCC2)c1. The van der Waals surface area contributed by atoms with Gasteiger partial charge in [0.2, 0.25) is 10.0 Å². The Morgan fingerprint density at radius 1 is 1.03 bits per heavy atom. The Labute approximate surface area is 183 Å². The van der Waals surface area contributed by atoms with Gasteiger partial charge in [0.05, 0.1) is 23.7 Å². The predicted molar refractivity (Wildman–Crippen MR) is 112 cm³/mol. The van der Waals surface area contributed by atoms with Crippen LogP contribution < -0.4 is 0 Å². The summed E-state index contributed by atoms with van der Waals surface area (Å²) < 4.78 is 37.7. The quantitative estimate of drug-likeness (QED) is 0.623. The van der Waals surface area contributed by atoms with Crippen LogP contribution in [0.3, 0.4) is 0 Å². The van der Waals surface area contributed by atoms with Crippen molar-refractivity contribution < 1.29 is 27.5 Å². The third-order valence-electron chi connectivity index (χ3n) is 7.64. The highest BCUT2D eigenvalue weighted by molar-refractivity contribution is 7.89. The zero-order chi connectivity index (χ0) is 21.6. The molecule has 168 valence electrons. The Balaban J connectivity index is 1.25. The summed E-state index contributed by atoms with van der Waals surface area (Å²) in [6.45, 7) is 1.05. The number of nitrogens with zero attached hydrogens (tertiary/aromatic N) is 1. The van der Waals surface area contributed by atoms with Gasteiger partial charge < -0.3 is 9.47 Å². The van der Waals surface area contributed by atoms with E-state index in [1.807, 2.05) is 0 Å². The lowest BCUT2D eigenvalue weighted by molar-refractivity contribution is -0.147. The van der Waals surface area contributed by atoms with Crippen LogP contribution in [0.2, 0.25) is 0 Å². The van der Waals surface area contributed by atoms with Crippen molar-refractivity contribution in [1.82, 2.24) is 4.31 Å². The van der Waals surface area contributed by atoms with Crippen molar-refractivity contribution in [1.29, 1.82) is 0 Å². The maximum absolute atomic E-state index is 13.1. The number of morpholine rings is 1. The number of ketones is 1. The van der Waals surface area contributed by atoms with Gasteiger partial charge in [-0.3, -0.25) is 4.79 Å². The lowest BCUT2D eigenvalue weighted by Gasteiger charge is -2.55. The normalized spacial score (nSPS) is 32.7. The molecule has 6 rings (SSSR count). The molecule has 4 aliphatic carbocycles. The molecule has 1 aromatic carbocycles. The highest BCUT2D eigenvalue weighted by Crippen LogP contribution is 2.60. The molecule has 1 saturated heterocycles. The standard InChI is InChI=1S/C23H29NO6S/c25-21(23-12-16-8-17(13-23)10-18(9-16)14-23)15-30-22(26)19-2-1-3-20(11-19)31(27,28)24-4-6-29-7-5-24/h1-3,11,16-18H,4-10,12-15H2. The fourth-order valence-electron chi connectivity index (χ4n) is 6.54. The second-order valence-electron chi connectivity index (χ2n) is 9.74. The minimum absolute atomic E-state index is 0.0389. The highest BCUT2D eigenvalue weighted by atomic mass is 32.2. The first-order valence-corrected chi connectivity index (χ1v) is 12.7. The summed E-state index contributed by atoms with van der Waals surface area (Å²) in [5, 5.41) is 0. The van der Waals surface area contributed by atoms with Crippen LogP contribution in [0.1, 0.15) is 48.9 Å². The van der Waals surface area contributed by atoms with E-state index in [1.54, 1.807) is 0 Å². The fourth-order valence-corrected chi connectivity index (χ4v) is 7.99. The molecule has 1 heterocycles. The summed E-state index contributed by atoms with van der Waals surface area (Å²) in [7, 11) is -3.70. The molecule has 0 radical (unpaired) electrons. The van der Waals surface area contributed by atoms with Crippen molar-refractivity contribution in [3.63, 3.8) is 0 Å². The predicted octanol–water partition coefficient (Wildman–Crippen LogP) is 2.65. The highest BCUT2D eigenvalue weighted by Gasteiger charge is 2.54. The van der Waals surface area contributed by atoms with Gasteiger partial charge in [-0.05, 0) is 74.5 Å². The Hall–Kier alpha value is -1.77. The van der Waals surface area contributed by atoms with Gasteiger partial charge in [0.1, 0.15) is 0 Å². The van der Waals surface area contributed by atoms with E-state index in [9.17, 15) is 18.0 Å². The summed E-state index contributed by atoms with van der Waals surface area (Å²) in [4.78, 5) is 25.8. The Bertz CT molecular complexity index is 946. The van der Waals surface area contributed by atoms with E-state index in [1.165, 1.54) is 47.8 Å². The Kier molecular flexibility index (Phi) is 5.43. The maximum Gasteiger partial charge on any atom is 0.338 e. The van der Waals surface area contributed by atoms with Crippen LogP contribution in [0.5, 0.6) is 0 Å². The summed E-state index contributed by atoms with van der Waals surface area (Å²) in [6.07, 6.45) is 6.54. The van der Waals surface area contributed by atoms with Crippen molar-refractivity contribution in [3.8, 4) is 0 Å². The first-order chi connectivity index (χ1) is 14.9. The molecule has 8 heteroatoms. The molecular weight excluding hydrogens is 418 g/mol. The molecule has 0 aromatic heterocycles. The first-order valence-electron chi connectivity index (χ1n) is 11.2. The van der Waals surface area contributed by atoms with Crippen LogP contribution in [0.15, 0.2) is 29.2 Å². The summed E-state index contributed by atoms with van der Waals surface area (Å²) in [6, 6.07) is 5.87. The average Bonchev–Trinajstić information content (AvgIpc) is 2.77. The number of benzene rings is 1. The topological polar surface area (TPSA) is 90.0 Å². The number of hydrogen-bond donors (Lipinski definition) is 0. The zero-order valence-corrected chi connectivity index (χ0v) is 18.4. The number of Topliss-reactive ketones (excluding diaryl/α,β-unsaturated/α-hetero) is 1. The van der Waals surface area contributed by atoms with Crippen molar-refractivity contribution in [2.75, 3.05) is 32.9 Å². The van der Waals surface area contributed by atoms with Crippen LogP contribution >= 0.6 is 0 Å². The van der Waals surface area contributed by atoms with Crippen LogP contribution in [0.25, 0.3) is 0 Å². The van der Waals surface area contributed by atoms with Crippen LogP contribution in [0.4, 0.5) is 0 Å². The first kappa shape index (κ1) is 21.1. The summed E-state index contributed by atoms with van der Waals surface area (Å²) >= 11 is 0. The molecule has 0 spiro atoms. The lowest BCUT2D eigenvalue weighted by atomic mass is 9.48. The van der Waals surface area contributed by atoms with Gasteiger partial charge in [0, 0.05) is 18.5 Å². The van der Waals surface area contributed by atoms with Crippen molar-refractivity contribution in [2.45, 2.75) is 43.4 Å². The molecular formula is C23H29NO6S. The molecule has 4 saturated carbocycles. The van der Waals surface area contributed by atoms with Gasteiger partial charge in [-0.25, -0.2) is 13.2 Å². The molecule has 5 fully saturated rings. The smallest absolute Gasteiger partial charge is 0.338 e. The van der Waals surface area contributed by atoms with Gasteiger partial charge in [-0.15, -0.1) is 0 Å². The zero-order valence-electron chi connectivity index (χ0n) is 17.6. The van der Waals surface area contributed by atoms with Crippen LogP contribution in [0, 0.1) is 23.2 Å². The van der Waals surface area contributed by atoms with E-state index in [0.29, 0.717) is 31.0 Å². The lowest BCUT2D eigenvalue weighted by Crippen LogP contribution is -2.51. The summed E-state index contributed by atoms with van der Waals surface area (Å²) in [5.41, 5.74) is -0.163. The van der Waals surface area contributed by atoms with E-state index in [0.717, 1.165) is 19.3 Å². The third kappa shape index (κ3) is 3.94. The number of rotatable bonds is 6. The second-order valence-corrected chi connectivity index (χ2v) is 11.7. The van der Waals surface area contributed by atoms with Crippen molar-refractivity contribution in [3.05, 3.63) is 29.8 Å². The number of ether oxygens (including phenoxy) is 2. The molecule has 0 amide bonds. The van der Waals surface area contributed by atoms with Crippen molar-refractivity contribution >= 4 is 21.8 Å². The Morgan fingerprint density at radius 2 is 1.65 bits per heavy atom. The number of hydrogen-bond acceptors (Lipinski definition) is 6. The van der Waals surface area contributed by atoms with Gasteiger partial charge in [0.25, 0.3) is 0 Å². The average molecular weight is 448 g/mol. The van der Waals surface area contributed by atoms with Gasteiger partial charge in [-0.1, -0.05) is 6.07 Å². The fraction of sp³-hybridized carbons (Fsp3) is 0.652. The van der Waals surface area contributed by atoms with Gasteiger partial charge >= 0.3 is 5.97 Å². The molecule has 31 heavy (non-hydrogen) atoms. The molecule has 1 aromatic rings. The number of sulfonamides is 1. The minimum Gasteiger partial charge on any atom is -0.454 e. The van der Waals surface area contributed by atoms with E-state index in [4.69, 9.17) is 9.47 Å². The summed E-state index contributed by atoms with van der Waals surface area (Å²) in [5.74, 6) is 1.32. The second kappa shape index (κ2) is 7.98. The third-order valence-corrected chi connectivity index (χ3v) is 9.54. The molecule has 0 N–H and O–H groups in total. The van der Waals surface area contributed by atoms with E-state index in [2.05, 4.69) is 0 Å². The number of carbonyl (C=O) groups excluding carboxylic acids is 2. The van der Waals surface area contributed by atoms with Gasteiger partial charge in [-0.2, -0.15) is 4.31 Å². The van der Waals surface area contributed by atoms with Crippen molar-refractivity contribution in [2.24, 2.45) is 23.2 Å². The molecule has 5 aliphatic rings. The van der Waals surface area contributed by atoms with Crippen LogP contribution in [-0.4, -0.2) is 57.4 Å². The minimum atomic E-state index is -3.70. The monoisotopic (exact) mass is 447 g/mol. The number of esters is 1. The van der Waals surface area contributed by atoms with Gasteiger partial charge in [0.15, 0.2) is 12.4 Å². The Morgan fingerprint density at radius 3 is 2.26 bits per heavy atom. The van der Waals surface area contributed by atoms with E-state index < -0.39 is 16.0 Å². The maximum atomic E-state index is 13.1. The largest absolute Gasteiger partial charge is 0.454 e. The van der Waals surface area contributed by atoms with E-state index >= 15 is 0 Å². The van der Waals surface area contributed by atoms with E-state index in [-0.39, 0.29) is 41.4 Å². The number of carbonyl (C=O) groups is 2. The molecule has 4 bridgehead atoms. The molecule has 0 unspecified atom stereocenters. The van der Waals surface area contributed by atoms with Crippen LogP contribution in [-0.2, 0) is 24.3 Å². The molecule has 1 aliphatic heterocycles. The molecule has 7 nitrogen and oxygen atoms in total.